The van der Waals surface area contributed by atoms with Crippen LogP contribution < -0.4 is 16.0 Å². The number of hydrogen-bond donors (Lipinski definition) is 3. The largest absolute Gasteiger partial charge is 0.381 e. The topological polar surface area (TPSA) is 91.8 Å². The van der Waals surface area contributed by atoms with Crippen molar-refractivity contribution in [3.63, 3.8) is 0 Å². The molecule has 0 aromatic heterocycles. The van der Waals surface area contributed by atoms with Crippen LogP contribution >= 0.6 is 0 Å². The van der Waals surface area contributed by atoms with Gasteiger partial charge in [-0.05, 0) is 31.7 Å². The Hall–Kier alpha value is -1.64. The lowest BCUT2D eigenvalue weighted by molar-refractivity contribution is 0.0354. The van der Waals surface area contributed by atoms with Crippen LogP contribution in [0.1, 0.15) is 37.8 Å². The SMILES string of the molecule is CN=C(NCC1(NC(C)c2ccccc2)CCOCC1)NC1CCS(=O)(=O)C1. The monoisotopic (exact) mass is 408 g/mol. The van der Waals surface area contributed by atoms with Crippen molar-refractivity contribution in [2.24, 2.45) is 4.99 Å². The van der Waals surface area contributed by atoms with Crippen molar-refractivity contribution in [2.45, 2.75) is 43.8 Å². The summed E-state index contributed by atoms with van der Waals surface area (Å²) in [5, 5.41) is 10.5. The Morgan fingerprint density at radius 3 is 2.61 bits per heavy atom. The first-order chi connectivity index (χ1) is 13.4. The molecular formula is C20H32N4O3S. The second-order valence-electron chi connectivity index (χ2n) is 7.84. The van der Waals surface area contributed by atoms with Crippen LogP contribution in [0.2, 0.25) is 0 Å². The average molecular weight is 409 g/mol. The van der Waals surface area contributed by atoms with Crippen LogP contribution in [0, 0.1) is 0 Å². The van der Waals surface area contributed by atoms with Crippen LogP contribution in [0.15, 0.2) is 35.3 Å². The van der Waals surface area contributed by atoms with E-state index in [2.05, 4.69) is 52.1 Å². The second kappa shape index (κ2) is 9.24. The van der Waals surface area contributed by atoms with Gasteiger partial charge < -0.3 is 20.7 Å². The van der Waals surface area contributed by atoms with E-state index in [9.17, 15) is 8.42 Å². The van der Waals surface area contributed by atoms with Gasteiger partial charge >= 0.3 is 0 Å². The third-order valence-corrected chi connectivity index (χ3v) is 7.43. The number of benzene rings is 1. The van der Waals surface area contributed by atoms with Gasteiger partial charge in [-0.3, -0.25) is 4.99 Å². The van der Waals surface area contributed by atoms with Crippen molar-refractivity contribution in [1.29, 1.82) is 0 Å². The molecule has 0 aliphatic carbocycles. The normalized spacial score (nSPS) is 25.2. The van der Waals surface area contributed by atoms with Gasteiger partial charge in [-0.1, -0.05) is 30.3 Å². The van der Waals surface area contributed by atoms with Gasteiger partial charge in [-0.15, -0.1) is 0 Å². The van der Waals surface area contributed by atoms with E-state index in [0.29, 0.717) is 18.9 Å². The van der Waals surface area contributed by atoms with Crippen molar-refractivity contribution in [3.8, 4) is 0 Å². The number of aliphatic imine (C=N–C) groups is 1. The molecule has 7 nitrogen and oxygen atoms in total. The molecule has 3 rings (SSSR count). The summed E-state index contributed by atoms with van der Waals surface area (Å²) in [6.07, 6.45) is 2.45. The van der Waals surface area contributed by atoms with Crippen molar-refractivity contribution in [1.82, 2.24) is 16.0 Å². The highest BCUT2D eigenvalue weighted by atomic mass is 32.2. The average Bonchev–Trinajstić information content (AvgIpc) is 3.05. The molecule has 2 heterocycles. The lowest BCUT2D eigenvalue weighted by atomic mass is 9.88. The Kier molecular flexibility index (Phi) is 6.95. The Balaban J connectivity index is 1.61. The van der Waals surface area contributed by atoms with Crippen LogP contribution in [0.5, 0.6) is 0 Å². The van der Waals surface area contributed by atoms with Gasteiger partial charge in [0, 0.05) is 44.4 Å². The molecule has 1 aromatic carbocycles. The maximum Gasteiger partial charge on any atom is 0.191 e. The van der Waals surface area contributed by atoms with Crippen LogP contribution in [0.3, 0.4) is 0 Å². The van der Waals surface area contributed by atoms with E-state index in [0.717, 1.165) is 26.1 Å². The number of nitrogens with one attached hydrogen (secondary N) is 3. The third kappa shape index (κ3) is 5.68. The standard InChI is InChI=1S/C20H32N4O3S/c1-16(17-6-4-3-5-7-17)24-20(9-11-27-12-10-20)15-22-19(21-2)23-18-8-13-28(25,26)14-18/h3-7,16,18,24H,8-15H2,1-2H3,(H2,21,22,23). The fourth-order valence-corrected chi connectivity index (χ4v) is 5.64. The van der Waals surface area contributed by atoms with Gasteiger partial charge in [0.1, 0.15) is 0 Å². The smallest absolute Gasteiger partial charge is 0.191 e. The Labute approximate surface area is 168 Å². The van der Waals surface area contributed by atoms with E-state index in [4.69, 9.17) is 4.74 Å². The number of hydrogen-bond acceptors (Lipinski definition) is 5. The number of ether oxygens (including phenoxy) is 1. The molecule has 2 saturated heterocycles. The molecule has 2 atom stereocenters. The van der Waals surface area contributed by atoms with Crippen LogP contribution in [0.4, 0.5) is 0 Å². The molecule has 3 N–H and O–H groups in total. The minimum Gasteiger partial charge on any atom is -0.381 e. The fraction of sp³-hybridized carbons (Fsp3) is 0.650. The van der Waals surface area contributed by atoms with Crippen molar-refractivity contribution < 1.29 is 13.2 Å². The summed E-state index contributed by atoms with van der Waals surface area (Å²) in [5.74, 6) is 1.08. The van der Waals surface area contributed by atoms with Gasteiger partial charge in [0.05, 0.1) is 11.5 Å². The molecule has 2 unspecified atom stereocenters. The summed E-state index contributed by atoms with van der Waals surface area (Å²) in [5.41, 5.74) is 1.15. The number of rotatable bonds is 6. The molecule has 28 heavy (non-hydrogen) atoms. The lowest BCUT2D eigenvalue weighted by Crippen LogP contribution is -2.58. The maximum atomic E-state index is 11.7. The van der Waals surface area contributed by atoms with Crippen LogP contribution in [-0.2, 0) is 14.6 Å². The second-order valence-corrected chi connectivity index (χ2v) is 10.1. The van der Waals surface area contributed by atoms with E-state index in [-0.39, 0.29) is 29.1 Å². The fourth-order valence-electron chi connectivity index (χ4n) is 3.97. The third-order valence-electron chi connectivity index (χ3n) is 5.66. The van der Waals surface area contributed by atoms with E-state index >= 15 is 0 Å². The molecular weight excluding hydrogens is 376 g/mol. The van der Waals surface area contributed by atoms with E-state index < -0.39 is 9.84 Å². The molecule has 0 amide bonds. The molecule has 8 heteroatoms. The minimum absolute atomic E-state index is 0.0713. The highest BCUT2D eigenvalue weighted by Crippen LogP contribution is 2.25. The van der Waals surface area contributed by atoms with Gasteiger partial charge in [0.25, 0.3) is 0 Å². The van der Waals surface area contributed by atoms with Crippen molar-refractivity contribution in [3.05, 3.63) is 35.9 Å². The van der Waals surface area contributed by atoms with Gasteiger partial charge in [0.15, 0.2) is 15.8 Å². The Bertz CT molecular complexity index is 761. The van der Waals surface area contributed by atoms with E-state index in [1.54, 1.807) is 7.05 Å². The maximum absolute atomic E-state index is 11.7. The zero-order valence-corrected chi connectivity index (χ0v) is 17.6. The highest BCUT2D eigenvalue weighted by molar-refractivity contribution is 7.91. The first-order valence-corrected chi connectivity index (χ1v) is 11.8. The molecule has 0 radical (unpaired) electrons. The molecule has 2 aliphatic rings. The van der Waals surface area contributed by atoms with E-state index in [1.807, 2.05) is 6.07 Å². The first-order valence-electron chi connectivity index (χ1n) is 9.99. The number of nitrogens with zero attached hydrogens (tertiary/aromatic N) is 1. The van der Waals surface area contributed by atoms with Gasteiger partial charge in [0.2, 0.25) is 0 Å². The first kappa shape index (κ1) is 21.1. The molecule has 1 aromatic rings. The molecule has 2 aliphatic heterocycles. The predicted octanol–water partition coefficient (Wildman–Crippen LogP) is 1.24. The number of sulfone groups is 1. The summed E-state index contributed by atoms with van der Waals surface area (Å²) in [7, 11) is -1.20. The van der Waals surface area contributed by atoms with E-state index in [1.165, 1.54) is 5.56 Å². The van der Waals surface area contributed by atoms with Crippen molar-refractivity contribution >= 4 is 15.8 Å². The molecule has 156 valence electrons. The highest BCUT2D eigenvalue weighted by Gasteiger charge is 2.34. The summed E-state index contributed by atoms with van der Waals surface area (Å²) in [4.78, 5) is 4.29. The minimum atomic E-state index is -2.92. The van der Waals surface area contributed by atoms with Gasteiger partial charge in [-0.25, -0.2) is 8.42 Å². The zero-order chi connectivity index (χ0) is 20.0. The molecule has 0 bridgehead atoms. The van der Waals surface area contributed by atoms with Crippen LogP contribution in [-0.4, -0.2) is 64.3 Å². The Morgan fingerprint density at radius 2 is 2.00 bits per heavy atom. The van der Waals surface area contributed by atoms with Crippen molar-refractivity contribution in [2.75, 3.05) is 38.3 Å². The van der Waals surface area contributed by atoms with Crippen LogP contribution in [0.25, 0.3) is 0 Å². The Morgan fingerprint density at radius 1 is 1.29 bits per heavy atom. The molecule has 0 spiro atoms. The molecule has 0 saturated carbocycles. The quantitative estimate of drug-likeness (QED) is 0.485. The summed E-state index contributed by atoms with van der Waals surface area (Å²) in [6.45, 7) is 4.34. The molecule has 2 fully saturated rings. The number of guanidine groups is 1. The zero-order valence-electron chi connectivity index (χ0n) is 16.8. The summed E-state index contributed by atoms with van der Waals surface area (Å²) >= 11 is 0. The lowest BCUT2D eigenvalue weighted by Gasteiger charge is -2.41. The summed E-state index contributed by atoms with van der Waals surface area (Å²) < 4.78 is 29.0. The predicted molar refractivity (Wildman–Crippen MR) is 112 cm³/mol. The van der Waals surface area contributed by atoms with Gasteiger partial charge in [-0.2, -0.15) is 0 Å². The summed E-state index contributed by atoms with van der Waals surface area (Å²) in [6, 6.07) is 10.6.